The SMILES string of the molecule is CCOc1ccc(CC(=O)N/N=C/c2cc(I)c(O)c(OCC)c2)cc1. The lowest BCUT2D eigenvalue weighted by Crippen LogP contribution is -2.19. The number of carbonyl (C=O) groups excluding carboxylic acids is 1. The summed E-state index contributed by atoms with van der Waals surface area (Å²) in [5.74, 6) is 1.05. The molecule has 0 saturated heterocycles. The number of phenolic OH excluding ortho intramolecular Hbond substituents is 1. The molecule has 0 spiro atoms. The summed E-state index contributed by atoms with van der Waals surface area (Å²) in [6.07, 6.45) is 1.74. The lowest BCUT2D eigenvalue weighted by atomic mass is 10.1. The minimum atomic E-state index is -0.219. The highest BCUT2D eigenvalue weighted by molar-refractivity contribution is 14.1. The summed E-state index contributed by atoms with van der Waals surface area (Å²) < 4.78 is 11.4. The van der Waals surface area contributed by atoms with Gasteiger partial charge in [-0.1, -0.05) is 12.1 Å². The average molecular weight is 468 g/mol. The van der Waals surface area contributed by atoms with Gasteiger partial charge in [0.2, 0.25) is 5.91 Å². The van der Waals surface area contributed by atoms with Crippen molar-refractivity contribution in [3.8, 4) is 17.2 Å². The van der Waals surface area contributed by atoms with Crippen molar-refractivity contribution < 1.29 is 19.4 Å². The number of nitrogens with one attached hydrogen (secondary N) is 1. The van der Waals surface area contributed by atoms with E-state index < -0.39 is 0 Å². The van der Waals surface area contributed by atoms with E-state index in [0.717, 1.165) is 16.9 Å². The zero-order valence-electron chi connectivity index (χ0n) is 14.7. The van der Waals surface area contributed by atoms with Gasteiger partial charge in [-0.3, -0.25) is 4.79 Å². The van der Waals surface area contributed by atoms with Crippen molar-refractivity contribution in [1.29, 1.82) is 0 Å². The third-order valence-corrected chi connectivity index (χ3v) is 4.17. The van der Waals surface area contributed by atoms with Crippen LogP contribution in [0, 0.1) is 3.57 Å². The van der Waals surface area contributed by atoms with Crippen LogP contribution in [-0.4, -0.2) is 30.4 Å². The van der Waals surface area contributed by atoms with E-state index >= 15 is 0 Å². The van der Waals surface area contributed by atoms with Gasteiger partial charge in [-0.25, -0.2) is 5.43 Å². The van der Waals surface area contributed by atoms with Crippen LogP contribution in [0.3, 0.4) is 0 Å². The van der Waals surface area contributed by atoms with Crippen molar-refractivity contribution in [1.82, 2.24) is 5.43 Å². The Hall–Kier alpha value is -2.29. The van der Waals surface area contributed by atoms with Crippen LogP contribution >= 0.6 is 22.6 Å². The van der Waals surface area contributed by atoms with Gasteiger partial charge in [0.15, 0.2) is 11.5 Å². The first-order valence-electron chi connectivity index (χ1n) is 8.22. The van der Waals surface area contributed by atoms with Gasteiger partial charge in [-0.05, 0) is 71.8 Å². The van der Waals surface area contributed by atoms with Crippen LogP contribution in [0.5, 0.6) is 17.2 Å². The van der Waals surface area contributed by atoms with Gasteiger partial charge in [0.1, 0.15) is 5.75 Å². The summed E-state index contributed by atoms with van der Waals surface area (Å²) in [7, 11) is 0. The molecule has 2 aromatic carbocycles. The Bertz CT molecular complexity index is 776. The summed E-state index contributed by atoms with van der Waals surface area (Å²) in [4.78, 5) is 12.0. The maximum Gasteiger partial charge on any atom is 0.244 e. The molecule has 2 aromatic rings. The number of hydrogen-bond donors (Lipinski definition) is 2. The second-order valence-electron chi connectivity index (χ2n) is 5.33. The molecule has 138 valence electrons. The maximum atomic E-state index is 12.0. The first-order chi connectivity index (χ1) is 12.5. The number of aromatic hydroxyl groups is 1. The summed E-state index contributed by atoms with van der Waals surface area (Å²) in [6, 6.07) is 10.8. The van der Waals surface area contributed by atoms with Crippen LogP contribution in [0.25, 0.3) is 0 Å². The summed E-state index contributed by atoms with van der Waals surface area (Å²) >= 11 is 2.01. The molecular formula is C19H21IN2O4. The maximum absolute atomic E-state index is 12.0. The minimum Gasteiger partial charge on any atom is -0.504 e. The number of nitrogens with zero attached hydrogens (tertiary/aromatic N) is 1. The van der Waals surface area contributed by atoms with E-state index in [1.165, 1.54) is 6.21 Å². The van der Waals surface area contributed by atoms with E-state index in [1.54, 1.807) is 12.1 Å². The van der Waals surface area contributed by atoms with Crippen LogP contribution < -0.4 is 14.9 Å². The van der Waals surface area contributed by atoms with E-state index in [2.05, 4.69) is 10.5 Å². The van der Waals surface area contributed by atoms with Gasteiger partial charge in [-0.2, -0.15) is 5.10 Å². The Morgan fingerprint density at radius 1 is 1.19 bits per heavy atom. The van der Waals surface area contributed by atoms with Crippen LogP contribution in [0.4, 0.5) is 0 Å². The lowest BCUT2D eigenvalue weighted by molar-refractivity contribution is -0.120. The van der Waals surface area contributed by atoms with Crippen molar-refractivity contribution in [2.45, 2.75) is 20.3 Å². The van der Waals surface area contributed by atoms with Crippen molar-refractivity contribution in [3.05, 3.63) is 51.1 Å². The Balaban J connectivity index is 1.94. The van der Waals surface area contributed by atoms with Gasteiger partial charge in [-0.15, -0.1) is 0 Å². The van der Waals surface area contributed by atoms with Crippen LogP contribution in [0.2, 0.25) is 0 Å². The number of ether oxygens (including phenoxy) is 2. The molecule has 0 unspecified atom stereocenters. The third kappa shape index (κ3) is 5.91. The van der Waals surface area contributed by atoms with Crippen LogP contribution in [0.15, 0.2) is 41.5 Å². The molecule has 0 atom stereocenters. The number of hydrazone groups is 1. The van der Waals surface area contributed by atoms with Gasteiger partial charge < -0.3 is 14.6 Å². The van der Waals surface area contributed by atoms with Crippen molar-refractivity contribution >= 4 is 34.7 Å². The van der Waals surface area contributed by atoms with E-state index in [0.29, 0.717) is 22.5 Å². The summed E-state index contributed by atoms with van der Waals surface area (Å²) in [6.45, 7) is 4.82. The van der Waals surface area contributed by atoms with Crippen molar-refractivity contribution in [2.24, 2.45) is 5.10 Å². The van der Waals surface area contributed by atoms with Crippen LogP contribution in [0.1, 0.15) is 25.0 Å². The summed E-state index contributed by atoms with van der Waals surface area (Å²) in [5, 5.41) is 13.9. The molecule has 0 heterocycles. The molecule has 2 rings (SSSR count). The summed E-state index contributed by atoms with van der Waals surface area (Å²) in [5.41, 5.74) is 4.09. The molecule has 1 amide bonds. The molecular weight excluding hydrogens is 447 g/mol. The highest BCUT2D eigenvalue weighted by Gasteiger charge is 2.08. The van der Waals surface area contributed by atoms with E-state index in [9.17, 15) is 9.90 Å². The van der Waals surface area contributed by atoms with E-state index in [-0.39, 0.29) is 18.1 Å². The molecule has 0 saturated carbocycles. The lowest BCUT2D eigenvalue weighted by Gasteiger charge is -2.08. The number of phenols is 1. The second kappa shape index (κ2) is 10.0. The molecule has 0 aliphatic rings. The first-order valence-corrected chi connectivity index (χ1v) is 9.30. The average Bonchev–Trinajstić information content (AvgIpc) is 2.61. The highest BCUT2D eigenvalue weighted by atomic mass is 127. The fourth-order valence-corrected chi connectivity index (χ4v) is 2.83. The Morgan fingerprint density at radius 2 is 1.88 bits per heavy atom. The zero-order valence-corrected chi connectivity index (χ0v) is 16.8. The van der Waals surface area contributed by atoms with Crippen molar-refractivity contribution in [3.63, 3.8) is 0 Å². The quantitative estimate of drug-likeness (QED) is 0.353. The Kier molecular flexibility index (Phi) is 7.71. The Labute approximate surface area is 166 Å². The number of halogens is 1. The number of hydrogen-bond acceptors (Lipinski definition) is 5. The standard InChI is InChI=1S/C19H21IN2O4/c1-3-25-15-7-5-13(6-8-15)11-18(23)22-21-12-14-9-16(20)19(24)17(10-14)26-4-2/h5-10,12,24H,3-4,11H2,1-2H3,(H,22,23)/b21-12+. The molecule has 0 aliphatic heterocycles. The molecule has 6 nitrogen and oxygen atoms in total. The fourth-order valence-electron chi connectivity index (χ4n) is 2.21. The first kappa shape index (κ1) is 20.0. The second-order valence-corrected chi connectivity index (χ2v) is 6.49. The molecule has 26 heavy (non-hydrogen) atoms. The topological polar surface area (TPSA) is 80.2 Å². The minimum absolute atomic E-state index is 0.101. The van der Waals surface area contributed by atoms with Crippen molar-refractivity contribution in [2.75, 3.05) is 13.2 Å². The molecule has 2 N–H and O–H groups in total. The number of rotatable bonds is 8. The van der Waals surface area contributed by atoms with Gasteiger partial charge in [0, 0.05) is 0 Å². The molecule has 0 fully saturated rings. The molecule has 0 bridgehead atoms. The fraction of sp³-hybridized carbons (Fsp3) is 0.263. The predicted octanol–water partition coefficient (Wildman–Crippen LogP) is 3.49. The smallest absolute Gasteiger partial charge is 0.244 e. The van der Waals surface area contributed by atoms with Gasteiger partial charge >= 0.3 is 0 Å². The predicted molar refractivity (Wildman–Crippen MR) is 109 cm³/mol. The molecule has 7 heteroatoms. The molecule has 0 radical (unpaired) electrons. The Morgan fingerprint density at radius 3 is 2.54 bits per heavy atom. The largest absolute Gasteiger partial charge is 0.504 e. The van der Waals surface area contributed by atoms with E-state index in [1.807, 2.05) is 60.7 Å². The normalized spacial score (nSPS) is 10.7. The monoisotopic (exact) mass is 468 g/mol. The molecule has 0 aliphatic carbocycles. The van der Waals surface area contributed by atoms with E-state index in [4.69, 9.17) is 9.47 Å². The number of benzene rings is 2. The highest BCUT2D eigenvalue weighted by Crippen LogP contribution is 2.32. The van der Waals surface area contributed by atoms with Crippen LogP contribution in [-0.2, 0) is 11.2 Å². The number of amides is 1. The zero-order chi connectivity index (χ0) is 18.9. The molecule has 0 aromatic heterocycles. The third-order valence-electron chi connectivity index (χ3n) is 3.35. The number of carbonyl (C=O) groups is 1. The van der Waals surface area contributed by atoms with Gasteiger partial charge in [0.05, 0.1) is 29.4 Å². The van der Waals surface area contributed by atoms with Gasteiger partial charge in [0.25, 0.3) is 0 Å².